The second kappa shape index (κ2) is 22.9. The number of rotatable bonds is 24. The van der Waals surface area contributed by atoms with Gasteiger partial charge in [-0.25, -0.2) is 0 Å². The molecular formula is C37H60I+. The molecule has 0 fully saturated rings. The van der Waals surface area contributed by atoms with Crippen molar-refractivity contribution in [2.24, 2.45) is 0 Å². The minimum atomic E-state index is -0.107. The summed E-state index contributed by atoms with van der Waals surface area (Å²) in [5.74, 6) is 0. The van der Waals surface area contributed by atoms with Crippen molar-refractivity contribution in [3.05, 3.63) is 66.3 Å². The van der Waals surface area contributed by atoms with Crippen molar-refractivity contribution in [1.29, 1.82) is 0 Å². The normalized spacial score (nSPS) is 11.3. The Balaban J connectivity index is 1.82. The SMILES string of the molecule is CCCCCCCCCCCCc1cccc([I+]c2ccccc2C)c1CCCCCCCCCCCC. The Morgan fingerprint density at radius 2 is 0.895 bits per heavy atom. The molecule has 0 aliphatic rings. The molecule has 0 bridgehead atoms. The second-order valence-electron chi connectivity index (χ2n) is 11.6. The van der Waals surface area contributed by atoms with Gasteiger partial charge in [0.15, 0.2) is 7.14 Å². The lowest BCUT2D eigenvalue weighted by atomic mass is 9.96. The molecule has 0 N–H and O–H groups in total. The molecule has 2 rings (SSSR count). The first-order chi connectivity index (χ1) is 18.8. The zero-order valence-electron chi connectivity index (χ0n) is 25.5. The maximum Gasteiger partial charge on any atom is 0.358 e. The summed E-state index contributed by atoms with van der Waals surface area (Å²) in [7, 11) is 0. The van der Waals surface area contributed by atoms with Crippen LogP contribution >= 0.6 is 0 Å². The van der Waals surface area contributed by atoms with Crippen LogP contribution in [0.25, 0.3) is 0 Å². The number of halogens is 1. The maximum atomic E-state index is 2.47. The van der Waals surface area contributed by atoms with E-state index in [2.05, 4.69) is 63.2 Å². The monoisotopic (exact) mass is 631 g/mol. The van der Waals surface area contributed by atoms with Crippen molar-refractivity contribution in [3.63, 3.8) is 0 Å². The van der Waals surface area contributed by atoms with Crippen LogP contribution in [0.5, 0.6) is 0 Å². The lowest BCUT2D eigenvalue weighted by molar-refractivity contribution is -0.599. The minimum absolute atomic E-state index is 0.107. The first kappa shape index (κ1) is 33.4. The zero-order valence-corrected chi connectivity index (χ0v) is 27.6. The van der Waals surface area contributed by atoms with Crippen LogP contribution in [-0.2, 0) is 12.8 Å². The average molecular weight is 632 g/mol. The first-order valence-corrected chi connectivity index (χ1v) is 18.7. The standard InChI is InChI=1S/C37H60I/c1-4-6-8-10-12-14-16-18-20-22-28-34-29-26-32-37(38-36-31-25-24-27-33(36)3)35(34)30-23-21-19-17-15-13-11-9-7-5-2/h24-27,29,31-32H,4-23,28,30H2,1-3H3/q+1. The summed E-state index contributed by atoms with van der Waals surface area (Å²) in [5, 5.41) is 0. The van der Waals surface area contributed by atoms with E-state index in [1.165, 1.54) is 147 Å². The molecule has 0 aliphatic heterocycles. The minimum Gasteiger partial charge on any atom is -0.0654 e. The van der Waals surface area contributed by atoms with Gasteiger partial charge in [0, 0.05) is 11.1 Å². The predicted octanol–water partition coefficient (Wildman–Crippen LogP) is 9.05. The zero-order chi connectivity index (χ0) is 27.1. The van der Waals surface area contributed by atoms with Gasteiger partial charge in [0.05, 0.1) is 0 Å². The molecule has 2 aromatic rings. The van der Waals surface area contributed by atoms with E-state index < -0.39 is 0 Å². The predicted molar refractivity (Wildman–Crippen MR) is 166 cm³/mol. The third-order valence-corrected chi connectivity index (χ3v) is 11.5. The molecule has 0 spiro atoms. The highest BCUT2D eigenvalue weighted by atomic mass is 127. The molecule has 0 heterocycles. The molecule has 0 saturated heterocycles. The van der Waals surface area contributed by atoms with Gasteiger partial charge in [-0.15, -0.1) is 0 Å². The third kappa shape index (κ3) is 15.1. The molecule has 38 heavy (non-hydrogen) atoms. The van der Waals surface area contributed by atoms with Gasteiger partial charge < -0.3 is 0 Å². The lowest BCUT2D eigenvalue weighted by Gasteiger charge is -2.10. The smallest absolute Gasteiger partial charge is 0.0654 e. The Bertz CT molecular complexity index is 823. The van der Waals surface area contributed by atoms with E-state index >= 15 is 0 Å². The maximum absolute atomic E-state index is 2.47. The highest BCUT2D eigenvalue weighted by Crippen LogP contribution is 2.19. The highest BCUT2D eigenvalue weighted by molar-refractivity contribution is 5.27. The fourth-order valence-corrected chi connectivity index (χ4v) is 8.51. The van der Waals surface area contributed by atoms with Gasteiger partial charge in [-0.2, -0.15) is 0 Å². The van der Waals surface area contributed by atoms with Crippen molar-refractivity contribution < 1.29 is 21.2 Å². The molecule has 0 nitrogen and oxygen atoms in total. The summed E-state index contributed by atoms with van der Waals surface area (Å²) in [6.45, 7) is 6.91. The average Bonchev–Trinajstić information content (AvgIpc) is 2.93. The molecule has 0 saturated carbocycles. The van der Waals surface area contributed by atoms with Gasteiger partial charge in [-0.3, -0.25) is 0 Å². The van der Waals surface area contributed by atoms with Crippen molar-refractivity contribution in [2.75, 3.05) is 0 Å². The molecule has 0 aliphatic carbocycles. The van der Waals surface area contributed by atoms with Gasteiger partial charge in [-0.05, 0) is 50.3 Å². The van der Waals surface area contributed by atoms with Crippen LogP contribution < -0.4 is 21.2 Å². The number of benzene rings is 2. The molecule has 0 radical (unpaired) electrons. The molecule has 0 atom stereocenters. The topological polar surface area (TPSA) is 0 Å². The fraction of sp³-hybridized carbons (Fsp3) is 0.676. The van der Waals surface area contributed by atoms with E-state index in [1.807, 2.05) is 0 Å². The summed E-state index contributed by atoms with van der Waals surface area (Å²) in [5.41, 5.74) is 4.88. The van der Waals surface area contributed by atoms with E-state index in [1.54, 1.807) is 18.3 Å². The van der Waals surface area contributed by atoms with Crippen LogP contribution in [-0.4, -0.2) is 0 Å². The molecule has 1 heteroatoms. The van der Waals surface area contributed by atoms with E-state index in [0.717, 1.165) is 0 Å². The molecule has 0 aromatic heterocycles. The van der Waals surface area contributed by atoms with Crippen LogP contribution in [0.2, 0.25) is 0 Å². The number of hydrogen-bond acceptors (Lipinski definition) is 0. The fourth-order valence-electron chi connectivity index (χ4n) is 5.56. The van der Waals surface area contributed by atoms with Crippen molar-refractivity contribution in [2.45, 2.75) is 162 Å². The van der Waals surface area contributed by atoms with Gasteiger partial charge in [0.25, 0.3) is 0 Å². The Morgan fingerprint density at radius 3 is 1.42 bits per heavy atom. The van der Waals surface area contributed by atoms with Crippen molar-refractivity contribution in [3.8, 4) is 0 Å². The summed E-state index contributed by atoms with van der Waals surface area (Å²) >= 11 is -0.107. The van der Waals surface area contributed by atoms with Gasteiger partial charge in [-0.1, -0.05) is 160 Å². The van der Waals surface area contributed by atoms with Crippen molar-refractivity contribution >= 4 is 0 Å². The Hall–Kier alpha value is -0.830. The van der Waals surface area contributed by atoms with Crippen LogP contribution in [0.3, 0.4) is 0 Å². The Labute approximate surface area is 248 Å². The Morgan fingerprint density at radius 1 is 0.447 bits per heavy atom. The highest BCUT2D eigenvalue weighted by Gasteiger charge is 2.23. The van der Waals surface area contributed by atoms with Gasteiger partial charge in [0.2, 0.25) is 0 Å². The molecule has 0 amide bonds. The lowest BCUT2D eigenvalue weighted by Crippen LogP contribution is -3.62. The van der Waals surface area contributed by atoms with Gasteiger partial charge >= 0.3 is 21.2 Å². The quantitative estimate of drug-likeness (QED) is 0.0801. The third-order valence-electron chi connectivity index (χ3n) is 8.08. The Kier molecular flexibility index (Phi) is 20.1. The summed E-state index contributed by atoms with van der Waals surface area (Å²) in [6.07, 6.45) is 31.0. The second-order valence-corrected chi connectivity index (χ2v) is 14.4. The van der Waals surface area contributed by atoms with Gasteiger partial charge in [0.1, 0.15) is 0 Å². The molecular weight excluding hydrogens is 571 g/mol. The molecule has 2 aromatic carbocycles. The van der Waals surface area contributed by atoms with Crippen molar-refractivity contribution in [1.82, 2.24) is 0 Å². The van der Waals surface area contributed by atoms with Crippen LogP contribution in [0.1, 0.15) is 159 Å². The largest absolute Gasteiger partial charge is 0.358 e. The summed E-state index contributed by atoms with van der Waals surface area (Å²) in [6, 6.07) is 16.4. The van der Waals surface area contributed by atoms with Crippen LogP contribution in [0.4, 0.5) is 0 Å². The van der Waals surface area contributed by atoms with E-state index in [9.17, 15) is 0 Å². The number of unbranched alkanes of at least 4 members (excludes halogenated alkanes) is 18. The van der Waals surface area contributed by atoms with E-state index in [0.29, 0.717) is 0 Å². The van der Waals surface area contributed by atoms with E-state index in [4.69, 9.17) is 0 Å². The molecule has 0 unspecified atom stereocenters. The van der Waals surface area contributed by atoms with Crippen LogP contribution in [0, 0.1) is 14.1 Å². The van der Waals surface area contributed by atoms with Crippen LogP contribution in [0.15, 0.2) is 42.5 Å². The molecule has 214 valence electrons. The summed E-state index contributed by atoms with van der Waals surface area (Å²) < 4.78 is 3.30. The van der Waals surface area contributed by atoms with E-state index in [-0.39, 0.29) is 21.2 Å². The summed E-state index contributed by atoms with van der Waals surface area (Å²) in [4.78, 5) is 0. The number of aryl methyl sites for hydroxylation is 2. The first-order valence-electron chi connectivity index (χ1n) is 16.6. The number of hydrogen-bond donors (Lipinski definition) is 0.